The Bertz CT molecular complexity index is 1070. The van der Waals surface area contributed by atoms with Crippen LogP contribution < -0.4 is 10.1 Å². The van der Waals surface area contributed by atoms with Crippen LogP contribution in [-0.4, -0.2) is 41.0 Å². The van der Waals surface area contributed by atoms with Crippen molar-refractivity contribution in [2.24, 2.45) is 0 Å². The number of rotatable bonds is 4. The Kier molecular flexibility index (Phi) is 4.36. The van der Waals surface area contributed by atoms with E-state index in [0.29, 0.717) is 0 Å². The maximum absolute atomic E-state index is 12.3. The lowest BCUT2D eigenvalue weighted by Gasteiger charge is -2.10. The van der Waals surface area contributed by atoms with E-state index in [1.807, 2.05) is 0 Å². The first-order valence-electron chi connectivity index (χ1n) is 6.93. The third-order valence-corrected chi connectivity index (χ3v) is 3.83. The van der Waals surface area contributed by atoms with Crippen LogP contribution in [0.4, 0.5) is 24.8 Å². The second-order valence-electron chi connectivity index (χ2n) is 5.09. The van der Waals surface area contributed by atoms with E-state index in [4.69, 9.17) is 0 Å². The van der Waals surface area contributed by atoms with Gasteiger partial charge in [-0.2, -0.15) is 0 Å². The van der Waals surface area contributed by atoms with E-state index >= 15 is 0 Å². The normalized spacial score (nSPS) is 12.2. The minimum Gasteiger partial charge on any atom is -0.406 e. The number of halogens is 3. The molecule has 0 fully saturated rings. The van der Waals surface area contributed by atoms with Crippen molar-refractivity contribution < 1.29 is 26.3 Å². The Labute approximate surface area is 145 Å². The monoisotopic (exact) mass is 385 g/mol. The fourth-order valence-electron chi connectivity index (χ4n) is 1.96. The smallest absolute Gasteiger partial charge is 0.406 e. The molecule has 8 nitrogen and oxygen atoms in total. The second kappa shape index (κ2) is 6.37. The summed E-state index contributed by atoms with van der Waals surface area (Å²) in [5, 5.41) is 2.37. The molecule has 1 aromatic carbocycles. The Morgan fingerprint density at radius 1 is 1.08 bits per heavy atom. The fourth-order valence-corrected chi connectivity index (χ4v) is 2.47. The lowest BCUT2D eigenvalue weighted by atomic mass is 10.3. The third-order valence-electron chi connectivity index (χ3n) is 2.97. The molecular weight excluding hydrogens is 375 g/mol. The molecule has 1 N–H and O–H groups in total. The lowest BCUT2D eigenvalue weighted by molar-refractivity contribution is -0.274. The number of benzene rings is 1. The van der Waals surface area contributed by atoms with E-state index in [-0.39, 0.29) is 27.8 Å². The number of aromatic nitrogens is 4. The summed E-state index contributed by atoms with van der Waals surface area (Å²) in [6.07, 6.45) is -1.33. The number of anilines is 2. The first-order chi connectivity index (χ1) is 12.1. The Hall–Kier alpha value is -3.02. The number of sulfone groups is 1. The molecule has 26 heavy (non-hydrogen) atoms. The first kappa shape index (κ1) is 17.8. The zero-order valence-corrected chi connectivity index (χ0v) is 13.8. The van der Waals surface area contributed by atoms with Gasteiger partial charge in [-0.05, 0) is 12.1 Å². The van der Waals surface area contributed by atoms with Crippen LogP contribution in [0, 0.1) is 0 Å². The molecule has 2 aromatic heterocycles. The van der Waals surface area contributed by atoms with Crippen LogP contribution in [0.2, 0.25) is 0 Å². The van der Waals surface area contributed by atoms with Crippen molar-refractivity contribution >= 4 is 32.5 Å². The molecule has 2 heterocycles. The standard InChI is InChI=1S/C14H10F3N5O3S/c1-26(23,24)13-19-7-10-11(22-13)6-18-12(21-10)20-8-3-2-4-9(5-8)25-14(15,16)17/h2-7H,1H3,(H,18,20,21). The SMILES string of the molecule is CS(=O)(=O)c1ncc2nc(Nc3cccc(OC(F)(F)F)c3)ncc2n1. The highest BCUT2D eigenvalue weighted by Crippen LogP contribution is 2.26. The van der Waals surface area contributed by atoms with E-state index in [1.165, 1.54) is 24.5 Å². The molecule has 0 aliphatic carbocycles. The van der Waals surface area contributed by atoms with Crippen molar-refractivity contribution in [1.29, 1.82) is 0 Å². The number of ether oxygens (including phenoxy) is 1. The van der Waals surface area contributed by atoms with Crippen LogP contribution in [0.3, 0.4) is 0 Å². The summed E-state index contributed by atoms with van der Waals surface area (Å²) in [6.45, 7) is 0. The van der Waals surface area contributed by atoms with Gasteiger partial charge in [0.15, 0.2) is 0 Å². The summed E-state index contributed by atoms with van der Waals surface area (Å²) in [5.74, 6) is -0.332. The van der Waals surface area contributed by atoms with Gasteiger partial charge in [0.05, 0.1) is 12.4 Å². The van der Waals surface area contributed by atoms with Crippen LogP contribution in [0.1, 0.15) is 0 Å². The van der Waals surface area contributed by atoms with Gasteiger partial charge in [0, 0.05) is 18.0 Å². The van der Waals surface area contributed by atoms with E-state index < -0.39 is 21.9 Å². The van der Waals surface area contributed by atoms with Crippen molar-refractivity contribution in [3.05, 3.63) is 36.7 Å². The Morgan fingerprint density at radius 2 is 1.77 bits per heavy atom. The maximum atomic E-state index is 12.3. The predicted octanol–water partition coefficient (Wildman–Crippen LogP) is 2.47. The predicted molar refractivity (Wildman–Crippen MR) is 84.6 cm³/mol. The molecule has 3 rings (SSSR count). The van der Waals surface area contributed by atoms with Gasteiger partial charge < -0.3 is 10.1 Å². The van der Waals surface area contributed by atoms with Crippen LogP contribution in [0.25, 0.3) is 11.0 Å². The van der Waals surface area contributed by atoms with Crippen molar-refractivity contribution in [3.63, 3.8) is 0 Å². The molecular formula is C14H10F3N5O3S. The summed E-state index contributed by atoms with van der Waals surface area (Å²) in [7, 11) is -3.57. The number of nitrogens with zero attached hydrogens (tertiary/aromatic N) is 4. The zero-order valence-electron chi connectivity index (χ0n) is 13.0. The van der Waals surface area contributed by atoms with Crippen LogP contribution >= 0.6 is 0 Å². The quantitative estimate of drug-likeness (QED) is 0.683. The van der Waals surface area contributed by atoms with Crippen LogP contribution in [0.5, 0.6) is 5.75 Å². The maximum Gasteiger partial charge on any atom is 0.573 e. The van der Waals surface area contributed by atoms with Gasteiger partial charge in [0.1, 0.15) is 16.8 Å². The van der Waals surface area contributed by atoms with Gasteiger partial charge in [-0.3, -0.25) is 0 Å². The number of hydrogen-bond acceptors (Lipinski definition) is 8. The van der Waals surface area contributed by atoms with Crippen LogP contribution in [-0.2, 0) is 9.84 Å². The molecule has 3 aromatic rings. The molecule has 0 saturated heterocycles. The molecule has 0 bridgehead atoms. The highest BCUT2D eigenvalue weighted by molar-refractivity contribution is 7.90. The van der Waals surface area contributed by atoms with Gasteiger partial charge >= 0.3 is 6.36 Å². The highest BCUT2D eigenvalue weighted by atomic mass is 32.2. The average molecular weight is 385 g/mol. The molecule has 0 radical (unpaired) electrons. The number of hydrogen-bond donors (Lipinski definition) is 1. The van der Waals surface area contributed by atoms with E-state index in [0.717, 1.165) is 18.4 Å². The van der Waals surface area contributed by atoms with Crippen molar-refractivity contribution in [3.8, 4) is 5.75 Å². The van der Waals surface area contributed by atoms with E-state index in [1.54, 1.807) is 0 Å². The first-order valence-corrected chi connectivity index (χ1v) is 8.82. The molecule has 12 heteroatoms. The topological polar surface area (TPSA) is 107 Å². The molecule has 0 saturated carbocycles. The van der Waals surface area contributed by atoms with Gasteiger partial charge in [0.2, 0.25) is 20.9 Å². The van der Waals surface area contributed by atoms with Gasteiger partial charge in [-0.1, -0.05) is 6.07 Å². The molecule has 0 aliphatic heterocycles. The molecule has 0 unspecified atom stereocenters. The van der Waals surface area contributed by atoms with E-state index in [9.17, 15) is 21.6 Å². The van der Waals surface area contributed by atoms with Crippen LogP contribution in [0.15, 0.2) is 41.8 Å². The average Bonchev–Trinajstić information content (AvgIpc) is 2.52. The zero-order chi connectivity index (χ0) is 18.9. The highest BCUT2D eigenvalue weighted by Gasteiger charge is 2.31. The number of alkyl halides is 3. The summed E-state index contributed by atoms with van der Waals surface area (Å²) < 4.78 is 63.5. The van der Waals surface area contributed by atoms with Gasteiger partial charge in [0.25, 0.3) is 0 Å². The minimum atomic E-state index is -4.80. The fraction of sp³-hybridized carbons (Fsp3) is 0.143. The van der Waals surface area contributed by atoms with Crippen molar-refractivity contribution in [2.75, 3.05) is 11.6 Å². The largest absolute Gasteiger partial charge is 0.573 e. The minimum absolute atomic E-state index is 0.0670. The molecule has 0 spiro atoms. The van der Waals surface area contributed by atoms with Crippen molar-refractivity contribution in [2.45, 2.75) is 11.5 Å². The second-order valence-corrected chi connectivity index (χ2v) is 7.00. The Morgan fingerprint density at radius 3 is 2.46 bits per heavy atom. The van der Waals surface area contributed by atoms with Gasteiger partial charge in [-0.25, -0.2) is 28.4 Å². The number of fused-ring (bicyclic) bond motifs is 1. The summed E-state index contributed by atoms with van der Waals surface area (Å²) in [4.78, 5) is 15.6. The molecule has 136 valence electrons. The number of nitrogens with one attached hydrogen (secondary N) is 1. The summed E-state index contributed by atoms with van der Waals surface area (Å²) >= 11 is 0. The molecule has 0 aliphatic rings. The van der Waals surface area contributed by atoms with E-state index in [2.05, 4.69) is 30.0 Å². The van der Waals surface area contributed by atoms with Gasteiger partial charge in [-0.15, -0.1) is 13.2 Å². The lowest BCUT2D eigenvalue weighted by Crippen LogP contribution is -2.17. The summed E-state index contributed by atoms with van der Waals surface area (Å²) in [5.41, 5.74) is 0.734. The summed E-state index contributed by atoms with van der Waals surface area (Å²) in [6, 6.07) is 5.15. The molecule has 0 atom stereocenters. The van der Waals surface area contributed by atoms with Crippen molar-refractivity contribution in [1.82, 2.24) is 19.9 Å². The molecule has 0 amide bonds. The third kappa shape index (κ3) is 4.33. The Balaban J connectivity index is 1.86.